The first-order chi connectivity index (χ1) is 16.0. The molecule has 1 saturated heterocycles. The second-order valence-corrected chi connectivity index (χ2v) is 8.56. The van der Waals surface area contributed by atoms with Crippen LogP contribution in [0.2, 0.25) is 0 Å². The van der Waals surface area contributed by atoms with Crippen LogP contribution < -0.4 is 21.1 Å². The highest BCUT2D eigenvalue weighted by atomic mass is 32.1. The predicted octanol–water partition coefficient (Wildman–Crippen LogP) is 3.87. The number of hydrogen-bond acceptors (Lipinski definition) is 8. The van der Waals surface area contributed by atoms with Gasteiger partial charge >= 0.3 is 0 Å². The van der Waals surface area contributed by atoms with E-state index in [-0.39, 0.29) is 17.6 Å². The van der Waals surface area contributed by atoms with Crippen molar-refractivity contribution in [1.29, 1.82) is 0 Å². The Labute approximate surface area is 193 Å². The highest BCUT2D eigenvalue weighted by Gasteiger charge is 2.20. The number of benzene rings is 2. The zero-order valence-electron chi connectivity index (χ0n) is 17.5. The molecule has 4 aromatic rings. The molecule has 2 aromatic heterocycles. The van der Waals surface area contributed by atoms with Gasteiger partial charge in [0.1, 0.15) is 28.4 Å². The van der Waals surface area contributed by atoms with E-state index >= 15 is 0 Å². The number of hydrogen-bond donors (Lipinski definition) is 3. The standard InChI is InChI=1S/C23H21FN6O2S/c24-14-2-1-3-15(9-14)28-23-27-11-13-8-17(22-29-19(12-33-22)21(25)31)20(10-18(13)30-23)32-16-4-6-26-7-5-16/h1-3,8-12,16,26H,4-7H2,(H2,25,31)(H,27,28,30). The van der Waals surface area contributed by atoms with Crippen molar-refractivity contribution >= 4 is 39.8 Å². The van der Waals surface area contributed by atoms with Crippen molar-refractivity contribution in [3.05, 3.63) is 59.5 Å². The lowest BCUT2D eigenvalue weighted by atomic mass is 10.1. The van der Waals surface area contributed by atoms with Gasteiger partial charge in [0.2, 0.25) is 5.95 Å². The van der Waals surface area contributed by atoms with E-state index in [1.165, 1.54) is 23.5 Å². The van der Waals surface area contributed by atoms with Crippen molar-refractivity contribution in [3.63, 3.8) is 0 Å². The van der Waals surface area contributed by atoms with Crippen molar-refractivity contribution in [1.82, 2.24) is 20.3 Å². The summed E-state index contributed by atoms with van der Waals surface area (Å²) < 4.78 is 19.9. The lowest BCUT2D eigenvalue weighted by molar-refractivity contribution is 0.0996. The van der Waals surface area contributed by atoms with Gasteiger partial charge in [-0.1, -0.05) is 6.07 Å². The van der Waals surface area contributed by atoms with Crippen molar-refractivity contribution in [3.8, 4) is 16.3 Å². The summed E-state index contributed by atoms with van der Waals surface area (Å²) in [6, 6.07) is 9.87. The van der Waals surface area contributed by atoms with Crippen LogP contribution in [0.25, 0.3) is 21.5 Å². The number of thiazole rings is 1. The van der Waals surface area contributed by atoms with Crippen LogP contribution in [0.1, 0.15) is 23.3 Å². The minimum absolute atomic E-state index is 0.0600. The fourth-order valence-corrected chi connectivity index (χ4v) is 4.51. The Morgan fingerprint density at radius 1 is 1.21 bits per heavy atom. The molecule has 1 aliphatic heterocycles. The van der Waals surface area contributed by atoms with E-state index in [9.17, 15) is 9.18 Å². The third kappa shape index (κ3) is 4.76. The van der Waals surface area contributed by atoms with Crippen LogP contribution in [0.5, 0.6) is 5.75 Å². The van der Waals surface area contributed by atoms with Gasteiger partial charge in [-0.25, -0.2) is 19.3 Å². The smallest absolute Gasteiger partial charge is 0.268 e. The highest BCUT2D eigenvalue weighted by Crippen LogP contribution is 2.37. The molecule has 4 N–H and O–H groups in total. The average molecular weight is 465 g/mol. The van der Waals surface area contributed by atoms with Gasteiger partial charge in [-0.15, -0.1) is 11.3 Å². The number of nitrogens with zero attached hydrogens (tertiary/aromatic N) is 3. The molecular weight excluding hydrogens is 443 g/mol. The maximum Gasteiger partial charge on any atom is 0.268 e. The molecule has 0 bridgehead atoms. The molecule has 0 spiro atoms. The molecular formula is C23H21FN6O2S. The Kier molecular flexibility index (Phi) is 5.84. The zero-order valence-corrected chi connectivity index (χ0v) is 18.4. The van der Waals surface area contributed by atoms with Gasteiger partial charge < -0.3 is 21.1 Å². The van der Waals surface area contributed by atoms with Gasteiger partial charge in [-0.3, -0.25) is 4.79 Å². The van der Waals surface area contributed by atoms with Crippen LogP contribution in [-0.4, -0.2) is 40.1 Å². The average Bonchev–Trinajstić information content (AvgIpc) is 3.30. The molecule has 0 atom stereocenters. The molecule has 168 valence electrons. The number of halogens is 1. The Morgan fingerprint density at radius 3 is 2.82 bits per heavy atom. The van der Waals surface area contributed by atoms with E-state index in [0.717, 1.165) is 36.9 Å². The van der Waals surface area contributed by atoms with Crippen LogP contribution >= 0.6 is 11.3 Å². The summed E-state index contributed by atoms with van der Waals surface area (Å²) in [6.45, 7) is 1.78. The molecule has 3 heterocycles. The normalized spacial score (nSPS) is 14.3. The summed E-state index contributed by atoms with van der Waals surface area (Å²) in [5.41, 5.74) is 7.59. The summed E-state index contributed by atoms with van der Waals surface area (Å²) in [5, 5.41) is 9.41. The number of rotatable bonds is 6. The number of piperidine rings is 1. The SMILES string of the molecule is NC(=O)c1csc(-c2cc3cnc(Nc4cccc(F)c4)nc3cc2OC2CCNCC2)n1. The first-order valence-corrected chi connectivity index (χ1v) is 11.4. The number of aromatic nitrogens is 3. The fourth-order valence-electron chi connectivity index (χ4n) is 3.68. The zero-order chi connectivity index (χ0) is 22.8. The third-order valence-electron chi connectivity index (χ3n) is 5.33. The number of fused-ring (bicyclic) bond motifs is 1. The molecule has 0 unspecified atom stereocenters. The molecule has 0 radical (unpaired) electrons. The second-order valence-electron chi connectivity index (χ2n) is 7.71. The van der Waals surface area contributed by atoms with Crippen LogP contribution in [0.4, 0.5) is 16.0 Å². The maximum atomic E-state index is 13.5. The van der Waals surface area contributed by atoms with E-state index in [1.54, 1.807) is 23.7 Å². The minimum atomic E-state index is -0.574. The molecule has 1 fully saturated rings. The summed E-state index contributed by atoms with van der Waals surface area (Å²) in [4.78, 5) is 24.9. The van der Waals surface area contributed by atoms with Crippen LogP contribution in [0, 0.1) is 5.82 Å². The first-order valence-electron chi connectivity index (χ1n) is 10.5. The highest BCUT2D eigenvalue weighted by molar-refractivity contribution is 7.13. The summed E-state index contributed by atoms with van der Waals surface area (Å²) >= 11 is 1.33. The lowest BCUT2D eigenvalue weighted by Crippen LogP contribution is -2.34. The molecule has 1 aliphatic rings. The van der Waals surface area contributed by atoms with Gasteiger partial charge in [0.25, 0.3) is 5.91 Å². The van der Waals surface area contributed by atoms with E-state index < -0.39 is 5.91 Å². The summed E-state index contributed by atoms with van der Waals surface area (Å²) in [7, 11) is 0. The molecule has 10 heteroatoms. The van der Waals surface area contributed by atoms with Crippen LogP contribution in [0.15, 0.2) is 48.0 Å². The van der Waals surface area contributed by atoms with E-state index in [1.807, 2.05) is 12.1 Å². The van der Waals surface area contributed by atoms with Gasteiger partial charge in [0.15, 0.2) is 0 Å². The monoisotopic (exact) mass is 464 g/mol. The Hall–Kier alpha value is -3.63. The molecule has 2 aromatic carbocycles. The third-order valence-corrected chi connectivity index (χ3v) is 6.20. The van der Waals surface area contributed by atoms with Gasteiger partial charge in [-0.05, 0) is 50.2 Å². The van der Waals surface area contributed by atoms with Crippen molar-refractivity contribution in [2.45, 2.75) is 18.9 Å². The Bertz CT molecular complexity index is 1320. The van der Waals surface area contributed by atoms with E-state index in [0.29, 0.717) is 27.9 Å². The second kappa shape index (κ2) is 9.08. The van der Waals surface area contributed by atoms with Crippen LogP contribution in [0.3, 0.4) is 0 Å². The summed E-state index contributed by atoms with van der Waals surface area (Å²) in [6.07, 6.45) is 3.52. The maximum absolute atomic E-state index is 13.5. The van der Waals surface area contributed by atoms with Gasteiger partial charge in [-0.2, -0.15) is 0 Å². The van der Waals surface area contributed by atoms with Crippen molar-refractivity contribution in [2.24, 2.45) is 5.73 Å². The molecule has 1 amide bonds. The quantitative estimate of drug-likeness (QED) is 0.397. The first kappa shape index (κ1) is 21.2. The number of nitrogens with one attached hydrogen (secondary N) is 2. The Balaban J connectivity index is 1.54. The number of carbonyl (C=O) groups is 1. The predicted molar refractivity (Wildman–Crippen MR) is 125 cm³/mol. The van der Waals surface area contributed by atoms with Crippen LogP contribution in [-0.2, 0) is 0 Å². The number of amides is 1. The Morgan fingerprint density at radius 2 is 2.06 bits per heavy atom. The van der Waals surface area contributed by atoms with Crippen molar-refractivity contribution in [2.75, 3.05) is 18.4 Å². The van der Waals surface area contributed by atoms with E-state index in [4.69, 9.17) is 10.5 Å². The number of nitrogens with two attached hydrogens (primary N) is 1. The minimum Gasteiger partial charge on any atom is -0.490 e. The van der Waals surface area contributed by atoms with Crippen molar-refractivity contribution < 1.29 is 13.9 Å². The number of ether oxygens (including phenoxy) is 1. The number of carbonyl (C=O) groups excluding carboxylic acids is 1. The topological polar surface area (TPSA) is 115 Å². The molecule has 8 nitrogen and oxygen atoms in total. The number of anilines is 2. The molecule has 5 rings (SSSR count). The molecule has 0 aliphatic carbocycles. The largest absolute Gasteiger partial charge is 0.490 e. The van der Waals surface area contributed by atoms with E-state index in [2.05, 4.69) is 25.6 Å². The van der Waals surface area contributed by atoms with Gasteiger partial charge in [0, 0.05) is 28.7 Å². The fraction of sp³-hybridized carbons (Fsp3) is 0.217. The summed E-state index contributed by atoms with van der Waals surface area (Å²) in [5.74, 6) is 0.0616. The molecule has 0 saturated carbocycles. The number of primary amides is 1. The lowest BCUT2D eigenvalue weighted by Gasteiger charge is -2.25. The van der Waals surface area contributed by atoms with Gasteiger partial charge in [0.05, 0.1) is 11.1 Å². The molecule has 33 heavy (non-hydrogen) atoms.